The minimum absolute atomic E-state index is 0.148. The number of rotatable bonds is 7. The number of amides is 1. The van der Waals surface area contributed by atoms with Crippen molar-refractivity contribution in [2.45, 2.75) is 51.7 Å². The van der Waals surface area contributed by atoms with Crippen molar-refractivity contribution in [1.29, 1.82) is 0 Å². The summed E-state index contributed by atoms with van der Waals surface area (Å²) < 4.78 is 14.3. The van der Waals surface area contributed by atoms with Gasteiger partial charge in [0.25, 0.3) is 0 Å². The Morgan fingerprint density at radius 1 is 1.10 bits per heavy atom. The number of fused-ring (bicyclic) bond motifs is 1. The lowest BCUT2D eigenvalue weighted by Crippen LogP contribution is -2.35. The van der Waals surface area contributed by atoms with Crippen LogP contribution in [0.15, 0.2) is 61.1 Å². The number of nitrogens with one attached hydrogen (secondary N) is 1. The molecule has 1 amide bonds. The molecule has 9 heteroatoms. The topological polar surface area (TPSA) is 81.5 Å². The molecular weight excluding hydrogens is 514 g/mol. The van der Waals surface area contributed by atoms with Gasteiger partial charge in [0, 0.05) is 30.9 Å². The number of nitrogens with zero attached hydrogens (tertiary/aromatic N) is 4. The van der Waals surface area contributed by atoms with Gasteiger partial charge in [-0.2, -0.15) is 5.10 Å². The predicted octanol–water partition coefficient (Wildman–Crippen LogP) is 6.29. The Morgan fingerprint density at radius 2 is 1.90 bits per heavy atom. The van der Waals surface area contributed by atoms with E-state index in [4.69, 9.17) is 21.1 Å². The zero-order valence-corrected chi connectivity index (χ0v) is 23.5. The number of hydrogen-bond acceptors (Lipinski definition) is 6. The second kappa shape index (κ2) is 11.2. The van der Waals surface area contributed by atoms with E-state index in [0.717, 1.165) is 48.1 Å². The van der Waals surface area contributed by atoms with Gasteiger partial charge < -0.3 is 19.7 Å². The second-order valence-electron chi connectivity index (χ2n) is 11.0. The van der Waals surface area contributed by atoms with E-state index in [1.165, 1.54) is 0 Å². The molecule has 1 N–H and O–H groups in total. The van der Waals surface area contributed by atoms with Gasteiger partial charge in [-0.15, -0.1) is 0 Å². The number of benzene rings is 2. The first-order valence-electron chi connectivity index (χ1n) is 13.2. The predicted molar refractivity (Wildman–Crippen MR) is 154 cm³/mol. The Morgan fingerprint density at radius 3 is 2.62 bits per heavy atom. The first-order chi connectivity index (χ1) is 18.6. The lowest BCUT2D eigenvalue weighted by Gasteiger charge is -2.29. The number of hydrogen-bond donors (Lipinski definition) is 1. The minimum atomic E-state index is -0.159. The van der Waals surface area contributed by atoms with Crippen molar-refractivity contribution in [2.24, 2.45) is 0 Å². The summed E-state index contributed by atoms with van der Waals surface area (Å²) >= 11 is 6.59. The van der Waals surface area contributed by atoms with Gasteiger partial charge >= 0.3 is 0 Å². The number of ether oxygens (including phenoxy) is 2. The van der Waals surface area contributed by atoms with Crippen molar-refractivity contribution in [1.82, 2.24) is 19.7 Å². The summed E-state index contributed by atoms with van der Waals surface area (Å²) in [6.07, 6.45) is 7.58. The molecule has 39 heavy (non-hydrogen) atoms. The molecule has 5 rings (SSSR count). The van der Waals surface area contributed by atoms with E-state index in [2.05, 4.69) is 48.1 Å². The quantitative estimate of drug-likeness (QED) is 0.293. The normalized spacial score (nSPS) is 14.9. The third-order valence-electron chi connectivity index (χ3n) is 6.78. The summed E-state index contributed by atoms with van der Waals surface area (Å²) in [5.41, 5.74) is 2.09. The number of aromatic nitrogens is 3. The molecule has 2 aromatic heterocycles. The summed E-state index contributed by atoms with van der Waals surface area (Å²) in [5.74, 6) is 1.79. The van der Waals surface area contributed by atoms with Gasteiger partial charge in [-0.1, -0.05) is 17.7 Å². The van der Waals surface area contributed by atoms with E-state index >= 15 is 0 Å². The molecule has 1 saturated heterocycles. The maximum Gasteiger partial charge on any atom is 0.228 e. The van der Waals surface area contributed by atoms with Crippen molar-refractivity contribution >= 4 is 34.1 Å². The molecule has 3 heterocycles. The largest absolute Gasteiger partial charge is 0.490 e. The molecule has 0 bridgehead atoms. The van der Waals surface area contributed by atoms with Gasteiger partial charge in [0.05, 0.1) is 34.4 Å². The zero-order chi connectivity index (χ0) is 27.6. The molecule has 4 aromatic rings. The van der Waals surface area contributed by atoms with Crippen molar-refractivity contribution in [2.75, 3.05) is 25.5 Å². The standard InChI is InChI=1S/C30H34ClN5O3/c1-30(2,3)36-19-21(18-33-36)34-29(37)16-20-5-8-28(25(31)15-20)39-27-9-12-32-26-7-6-23(17-24(26)27)38-22-10-13-35(4)14-11-22/h5-9,12,15,17-19,22H,10-11,13-14,16H2,1-4H3,(H,34,37). The number of anilines is 1. The summed E-state index contributed by atoms with van der Waals surface area (Å²) in [6.45, 7) is 8.22. The molecular formula is C30H34ClN5O3. The first-order valence-corrected chi connectivity index (χ1v) is 13.6. The van der Waals surface area contributed by atoms with Crippen LogP contribution in [0.3, 0.4) is 0 Å². The highest BCUT2D eigenvalue weighted by Crippen LogP contribution is 2.35. The van der Waals surface area contributed by atoms with Crippen LogP contribution in [0.5, 0.6) is 17.2 Å². The summed E-state index contributed by atoms with van der Waals surface area (Å²) in [5, 5.41) is 8.48. The molecule has 1 fully saturated rings. The van der Waals surface area contributed by atoms with Crippen molar-refractivity contribution in [3.63, 3.8) is 0 Å². The number of carbonyl (C=O) groups excluding carboxylic acids is 1. The number of halogens is 1. The molecule has 0 spiro atoms. The summed E-state index contributed by atoms with van der Waals surface area (Å²) in [6, 6.07) is 13.1. The molecule has 0 aliphatic carbocycles. The Kier molecular flexibility index (Phi) is 7.77. The van der Waals surface area contributed by atoms with Crippen LogP contribution in [-0.2, 0) is 16.8 Å². The van der Waals surface area contributed by atoms with Crippen LogP contribution < -0.4 is 14.8 Å². The highest BCUT2D eigenvalue weighted by Gasteiger charge is 2.19. The van der Waals surface area contributed by atoms with Crippen LogP contribution in [0.2, 0.25) is 5.02 Å². The smallest absolute Gasteiger partial charge is 0.228 e. The summed E-state index contributed by atoms with van der Waals surface area (Å²) in [7, 11) is 2.14. The number of pyridine rings is 1. The van der Waals surface area contributed by atoms with E-state index in [9.17, 15) is 4.79 Å². The van der Waals surface area contributed by atoms with E-state index < -0.39 is 0 Å². The summed E-state index contributed by atoms with van der Waals surface area (Å²) in [4.78, 5) is 19.4. The van der Waals surface area contributed by atoms with E-state index in [-0.39, 0.29) is 24.0 Å². The van der Waals surface area contributed by atoms with Crippen LogP contribution in [-0.4, -0.2) is 51.8 Å². The Balaban J connectivity index is 1.26. The molecule has 1 aliphatic rings. The molecule has 0 atom stereocenters. The third kappa shape index (κ3) is 6.69. The zero-order valence-electron chi connectivity index (χ0n) is 22.8. The van der Waals surface area contributed by atoms with Gasteiger partial charge in [-0.25, -0.2) is 0 Å². The molecule has 204 valence electrons. The maximum absolute atomic E-state index is 12.6. The lowest BCUT2D eigenvalue weighted by atomic mass is 10.1. The van der Waals surface area contributed by atoms with Crippen LogP contribution >= 0.6 is 11.6 Å². The molecule has 0 saturated carbocycles. The van der Waals surface area contributed by atoms with Gasteiger partial charge in [0.15, 0.2) is 0 Å². The fourth-order valence-electron chi connectivity index (χ4n) is 4.56. The van der Waals surface area contributed by atoms with E-state index in [1.54, 1.807) is 24.5 Å². The maximum atomic E-state index is 12.6. The minimum Gasteiger partial charge on any atom is -0.490 e. The number of piperidine rings is 1. The highest BCUT2D eigenvalue weighted by atomic mass is 35.5. The number of likely N-dealkylation sites (tertiary alicyclic amines) is 1. The van der Waals surface area contributed by atoms with Crippen LogP contribution in [0.1, 0.15) is 39.2 Å². The monoisotopic (exact) mass is 547 g/mol. The van der Waals surface area contributed by atoms with Crippen molar-refractivity contribution < 1.29 is 14.3 Å². The molecule has 8 nitrogen and oxygen atoms in total. The van der Waals surface area contributed by atoms with Crippen LogP contribution in [0.25, 0.3) is 10.9 Å². The van der Waals surface area contributed by atoms with Gasteiger partial charge in [0.1, 0.15) is 23.4 Å². The lowest BCUT2D eigenvalue weighted by molar-refractivity contribution is -0.115. The third-order valence-corrected chi connectivity index (χ3v) is 7.07. The van der Waals surface area contributed by atoms with Gasteiger partial charge in [-0.3, -0.25) is 14.5 Å². The van der Waals surface area contributed by atoms with Crippen LogP contribution in [0.4, 0.5) is 5.69 Å². The fraction of sp³-hybridized carbons (Fsp3) is 0.367. The SMILES string of the molecule is CN1CCC(Oc2ccc3nccc(Oc4ccc(CC(=O)Nc5cnn(C(C)(C)C)c5)cc4Cl)c3c2)CC1. The fourth-order valence-corrected chi connectivity index (χ4v) is 4.80. The van der Waals surface area contributed by atoms with Crippen molar-refractivity contribution in [3.8, 4) is 17.2 Å². The molecule has 2 aromatic carbocycles. The number of carbonyl (C=O) groups is 1. The van der Waals surface area contributed by atoms with Crippen LogP contribution in [0, 0.1) is 0 Å². The second-order valence-corrected chi connectivity index (χ2v) is 11.5. The average molecular weight is 548 g/mol. The average Bonchev–Trinajstić information content (AvgIpc) is 3.36. The van der Waals surface area contributed by atoms with Crippen molar-refractivity contribution in [3.05, 3.63) is 71.6 Å². The van der Waals surface area contributed by atoms with E-state index in [0.29, 0.717) is 22.2 Å². The molecule has 0 unspecified atom stereocenters. The molecule has 0 radical (unpaired) electrons. The Hall–Kier alpha value is -3.62. The van der Waals surface area contributed by atoms with E-state index in [1.807, 2.05) is 41.2 Å². The van der Waals surface area contributed by atoms with Gasteiger partial charge in [0.2, 0.25) is 5.91 Å². The highest BCUT2D eigenvalue weighted by molar-refractivity contribution is 6.32. The molecule has 1 aliphatic heterocycles. The van der Waals surface area contributed by atoms with Gasteiger partial charge in [-0.05, 0) is 82.6 Å². The Labute approximate surface area is 233 Å². The first kappa shape index (κ1) is 27.0. The Bertz CT molecular complexity index is 1470.